The first-order valence-corrected chi connectivity index (χ1v) is 36.5. The molecule has 2 N–H and O–H groups in total. The number of nitrogens with zero attached hydrogens (tertiary/aromatic N) is 11. The van der Waals surface area contributed by atoms with Gasteiger partial charge in [-0.3, -0.25) is 25.1 Å². The van der Waals surface area contributed by atoms with Crippen LogP contribution in [0.4, 0.5) is 0 Å². The molecule has 5 aliphatic rings. The van der Waals surface area contributed by atoms with Gasteiger partial charge in [0.05, 0.1) is 31.0 Å². The molecule has 16 heteroatoms. The van der Waals surface area contributed by atoms with Crippen LogP contribution in [0.25, 0.3) is 0 Å². The molecule has 10 rings (SSSR count). The second-order valence-electron chi connectivity index (χ2n) is 37.6. The van der Waals surface area contributed by atoms with Gasteiger partial charge in [-0.2, -0.15) is 5.10 Å². The van der Waals surface area contributed by atoms with E-state index in [0.717, 1.165) is 66.3 Å². The first-order valence-electron chi connectivity index (χ1n) is 36.5. The average Bonchev–Trinajstić information content (AvgIpc) is 1.60. The van der Waals surface area contributed by atoms with Crippen LogP contribution in [0.2, 0.25) is 0 Å². The van der Waals surface area contributed by atoms with E-state index >= 15 is 0 Å². The summed E-state index contributed by atoms with van der Waals surface area (Å²) in [6.45, 7) is 86.0. The number of carbonyl (C=O) groups excluding carboxylic acids is 1. The van der Waals surface area contributed by atoms with Crippen LogP contribution in [-0.2, 0) is 43.7 Å². The third-order valence-corrected chi connectivity index (χ3v) is 16.7. The number of ether oxygens (including phenoxy) is 1. The fourth-order valence-corrected chi connectivity index (χ4v) is 10.2. The predicted octanol–water partition coefficient (Wildman–Crippen LogP) is 22.0. The van der Waals surface area contributed by atoms with Gasteiger partial charge in [0.1, 0.15) is 29.8 Å². The Balaban J connectivity index is 0.000000567. The molecule has 0 aliphatic carbocycles. The van der Waals surface area contributed by atoms with E-state index in [1.165, 1.54) is 68.3 Å². The Morgan fingerprint density at radius 1 is 0.569 bits per heavy atom. The fraction of sp³-hybridized carbons (Fsp3) is 0.640. The zero-order chi connectivity index (χ0) is 79.3. The molecular formula is C86H143N13O3. The van der Waals surface area contributed by atoms with Crippen LogP contribution in [0.15, 0.2) is 120 Å². The van der Waals surface area contributed by atoms with Gasteiger partial charge < -0.3 is 18.8 Å². The van der Waals surface area contributed by atoms with E-state index in [1.54, 1.807) is 6.26 Å². The van der Waals surface area contributed by atoms with Crippen molar-refractivity contribution in [3.8, 4) is 0 Å². The van der Waals surface area contributed by atoms with Crippen molar-refractivity contribution in [3.63, 3.8) is 0 Å². The molecule has 0 saturated carbocycles. The van der Waals surface area contributed by atoms with E-state index in [-0.39, 0.29) is 60.8 Å². The molecule has 1 atom stereocenters. The zero-order valence-corrected chi connectivity index (χ0v) is 72.0. The van der Waals surface area contributed by atoms with Gasteiger partial charge in [0, 0.05) is 128 Å². The average molecular weight is 1410 g/mol. The third kappa shape index (κ3) is 34.4. The minimum absolute atomic E-state index is 0.0304. The number of aromatic amines is 2. The Morgan fingerprint density at radius 3 is 1.30 bits per heavy atom. The van der Waals surface area contributed by atoms with Crippen molar-refractivity contribution >= 4 is 28.8 Å². The van der Waals surface area contributed by atoms with Gasteiger partial charge in [0.25, 0.3) is 0 Å². The molecule has 0 bridgehead atoms. The Labute approximate surface area is 621 Å². The molecule has 1 unspecified atom stereocenters. The number of hydrogen-bond donors (Lipinski definition) is 2. The van der Waals surface area contributed by atoms with E-state index in [1.807, 2.05) is 86.1 Å². The van der Waals surface area contributed by atoms with Crippen molar-refractivity contribution in [1.29, 1.82) is 0 Å². The maximum atomic E-state index is 10.6. The minimum atomic E-state index is -0.222. The highest BCUT2D eigenvalue weighted by molar-refractivity contribution is 6.01. The van der Waals surface area contributed by atoms with Gasteiger partial charge in [-0.25, -0.2) is 24.7 Å². The van der Waals surface area contributed by atoms with E-state index in [2.05, 4.69) is 317 Å². The van der Waals surface area contributed by atoms with Gasteiger partial charge in [0.15, 0.2) is 0 Å². The highest BCUT2D eigenvalue weighted by Gasteiger charge is 2.30. The second-order valence-corrected chi connectivity index (χ2v) is 37.6. The number of hydrogen-bond acceptors (Lipinski definition) is 13. The predicted molar refractivity (Wildman–Crippen MR) is 436 cm³/mol. The Kier molecular flexibility index (Phi) is 34.5. The van der Waals surface area contributed by atoms with Crippen molar-refractivity contribution in [1.82, 2.24) is 44.8 Å². The molecule has 0 aromatic carbocycles. The van der Waals surface area contributed by atoms with Crippen LogP contribution >= 0.6 is 0 Å². The number of allylic oxidation sites excluding steroid dienone is 5. The van der Waals surface area contributed by atoms with Crippen LogP contribution in [0.3, 0.4) is 0 Å². The molecule has 5 aromatic heterocycles. The minimum Gasteiger partial charge on any atom is -0.454 e. The monoisotopic (exact) mass is 1410 g/mol. The topological polar surface area (TPSA) is 203 Å². The maximum absolute atomic E-state index is 10.6. The summed E-state index contributed by atoms with van der Waals surface area (Å²) >= 11 is 0. The Hall–Kier alpha value is -7.23. The molecule has 102 heavy (non-hydrogen) atoms. The number of imidazole rings is 2. The lowest BCUT2D eigenvalue weighted by molar-refractivity contribution is -0.142. The number of aliphatic imine (C=N–C) groups is 4. The molecule has 5 aliphatic heterocycles. The van der Waals surface area contributed by atoms with E-state index < -0.39 is 0 Å². The number of rotatable bonds is 0. The highest BCUT2D eigenvalue weighted by atomic mass is 16.5. The largest absolute Gasteiger partial charge is 0.454 e. The smallest absolute Gasteiger partial charge is 0.331 e. The first-order chi connectivity index (χ1) is 46.0. The lowest BCUT2D eigenvalue weighted by Crippen LogP contribution is -2.25. The number of carbonyl (C=O) groups is 1. The normalized spacial score (nSPS) is 15.9. The third-order valence-electron chi connectivity index (χ3n) is 16.7. The summed E-state index contributed by atoms with van der Waals surface area (Å²) in [5.41, 5.74) is 20.2. The van der Waals surface area contributed by atoms with Gasteiger partial charge in [-0.1, -0.05) is 231 Å². The molecule has 0 amide bonds. The molecule has 570 valence electrons. The fourth-order valence-electron chi connectivity index (χ4n) is 10.2. The molecule has 10 heterocycles. The summed E-state index contributed by atoms with van der Waals surface area (Å²) in [7, 11) is 2.06. The maximum Gasteiger partial charge on any atom is 0.331 e. The van der Waals surface area contributed by atoms with Crippen LogP contribution in [0.5, 0.6) is 0 Å². The highest BCUT2D eigenvalue weighted by Crippen LogP contribution is 2.33. The molecule has 0 spiro atoms. The molecule has 16 nitrogen and oxygen atoms in total. The van der Waals surface area contributed by atoms with E-state index in [4.69, 9.17) is 9.26 Å². The first kappa shape index (κ1) is 92.8. The van der Waals surface area contributed by atoms with Gasteiger partial charge >= 0.3 is 5.97 Å². The van der Waals surface area contributed by atoms with Crippen LogP contribution in [-0.4, -0.2) is 99.4 Å². The van der Waals surface area contributed by atoms with E-state index in [0.29, 0.717) is 5.41 Å². The van der Waals surface area contributed by atoms with Crippen molar-refractivity contribution in [2.24, 2.45) is 54.1 Å². The van der Waals surface area contributed by atoms with Crippen molar-refractivity contribution < 1.29 is 14.1 Å². The number of cyclic esters (lactones) is 1. The van der Waals surface area contributed by atoms with Crippen molar-refractivity contribution in [2.75, 3.05) is 19.6 Å². The van der Waals surface area contributed by atoms with Crippen LogP contribution < -0.4 is 0 Å². The van der Waals surface area contributed by atoms with Crippen LogP contribution in [0.1, 0.15) is 299 Å². The molecular weight excluding hydrogens is 1260 g/mol. The summed E-state index contributed by atoms with van der Waals surface area (Å²) in [5.74, 6) is 2.76. The quantitative estimate of drug-likeness (QED) is 0.141. The number of esters is 1. The SMILES string of the molecule is CC(C)(C)C1C=CC(=O)O1.CC1=NC(C(C)(C)C)=CC1.CC1=NCC(C(C)(C)C)=C1.CC1=NCC=C1C(C)(C)C.CC1=NCC=C1C(C)(C)C.Cc1cc(C(C)(C)C)n[nH]1.Cc1ccnc(C(C)(C)C)n1.Cc1ncc(C(C)(C)C)[nH]1.Cc1ncc(C(C)(C)C)n1C.Cc1nocc1C(C)(C)C. The molecule has 5 aromatic rings. The molecule has 0 fully saturated rings. The van der Waals surface area contributed by atoms with Crippen LogP contribution in [0, 0.1) is 61.7 Å². The molecule has 0 radical (unpaired) electrons. The summed E-state index contributed by atoms with van der Waals surface area (Å²) in [6, 6.07) is 4.00. The summed E-state index contributed by atoms with van der Waals surface area (Å²) in [4.78, 5) is 48.1. The number of aromatic nitrogens is 9. The molecule has 0 saturated heterocycles. The summed E-state index contributed by atoms with van der Waals surface area (Å²) in [6.07, 6.45) is 20.5. The van der Waals surface area contributed by atoms with Gasteiger partial charge in [0.2, 0.25) is 0 Å². The number of nitrogens with one attached hydrogen (secondary N) is 2. The zero-order valence-electron chi connectivity index (χ0n) is 72.0. The Morgan fingerprint density at radius 2 is 1.11 bits per heavy atom. The van der Waals surface area contributed by atoms with Gasteiger partial charge in [-0.15, -0.1) is 0 Å². The summed E-state index contributed by atoms with van der Waals surface area (Å²) in [5, 5.41) is 10.9. The lowest BCUT2D eigenvalue weighted by atomic mass is 9.84. The number of H-pyrrole nitrogens is 2. The second kappa shape index (κ2) is 38.0. The van der Waals surface area contributed by atoms with Crippen molar-refractivity contribution in [2.45, 2.75) is 310 Å². The van der Waals surface area contributed by atoms with Crippen molar-refractivity contribution in [3.05, 3.63) is 153 Å². The van der Waals surface area contributed by atoms with Gasteiger partial charge in [-0.05, 0) is 125 Å². The summed E-state index contributed by atoms with van der Waals surface area (Å²) < 4.78 is 11.9. The lowest BCUT2D eigenvalue weighted by Gasteiger charge is -2.23. The van der Waals surface area contributed by atoms with E-state index in [9.17, 15) is 4.79 Å². The standard InChI is InChI=1S/C9H16N2.C9H14N2.4C9H15N.2C8H14N2.C8H13NO.C8H12O2/c1-7-10-6-8(11(7)5)9(2,3)4;1-7-5-6-10-8(11-7)9(2,3)4;1-7-5-8(6-10-7)9(2,3)4;2*1-7-8(5-6-10-7)9(2,3)4;1-7-5-6-8(10-7)9(2,3)4;1-6-9-5-7(10-6)8(2,3)4;1-6-5-7(10-9-6)8(2,3)4;1-6-7(5-10-9-6)8(2,3)4;1-8(2,3)6-4-5-7(9)10-6/h6H,1-5H3;5-6H,1-4H3;3*5H,6H2,1-4H3;6H,5H2,1-4H3;2*5H,1-4H3,(H,9,10);5H,1-4H3;4-6H,1-3H3. The number of aryl methyl sites for hydroxylation is 5. The Bertz CT molecular complexity index is 3630.